The van der Waals surface area contributed by atoms with E-state index in [1.54, 1.807) is 30.3 Å². The van der Waals surface area contributed by atoms with Crippen LogP contribution in [0.2, 0.25) is 0 Å². The maximum Gasteiger partial charge on any atom is 0.255 e. The summed E-state index contributed by atoms with van der Waals surface area (Å²) in [6.07, 6.45) is 2.10. The lowest BCUT2D eigenvalue weighted by Crippen LogP contribution is -2.36. The number of rotatable bonds is 6. The number of benzene rings is 1. The second-order valence-electron chi connectivity index (χ2n) is 5.83. The fourth-order valence-electron chi connectivity index (χ4n) is 2.71. The monoisotopic (exact) mass is 378 g/mol. The standard InChI is InChI=1S/C17H19FN4O3S/c18-14-6-1-2-7-15(14)21-16-13(5-3-8-19-16)17(23)20-9-11-22-10-4-12-26(22,24)25/h1-3,5-8H,4,9-12H2,(H,19,21)(H,20,23). The number of pyridine rings is 1. The van der Waals surface area contributed by atoms with Crippen molar-refractivity contribution in [3.8, 4) is 0 Å². The lowest BCUT2D eigenvalue weighted by molar-refractivity contribution is 0.0952. The zero-order valence-electron chi connectivity index (χ0n) is 14.0. The normalized spacial score (nSPS) is 16.3. The molecule has 0 atom stereocenters. The molecular formula is C17H19FN4O3S. The van der Waals surface area contributed by atoms with Crippen LogP contribution >= 0.6 is 0 Å². The molecule has 1 aliphatic rings. The topological polar surface area (TPSA) is 91.4 Å². The maximum absolute atomic E-state index is 13.8. The predicted octanol–water partition coefficient (Wildman–Crippen LogP) is 1.73. The summed E-state index contributed by atoms with van der Waals surface area (Å²) in [7, 11) is -3.19. The minimum absolute atomic E-state index is 0.153. The highest BCUT2D eigenvalue weighted by molar-refractivity contribution is 7.89. The van der Waals surface area contributed by atoms with Crippen molar-refractivity contribution in [3.05, 3.63) is 54.0 Å². The van der Waals surface area contributed by atoms with Crippen molar-refractivity contribution in [1.29, 1.82) is 0 Å². The average molecular weight is 378 g/mol. The molecule has 2 N–H and O–H groups in total. The summed E-state index contributed by atoms with van der Waals surface area (Å²) in [6, 6.07) is 9.26. The van der Waals surface area contributed by atoms with Crippen LogP contribution in [0.3, 0.4) is 0 Å². The second kappa shape index (κ2) is 7.79. The summed E-state index contributed by atoms with van der Waals surface area (Å²) < 4.78 is 38.7. The van der Waals surface area contributed by atoms with Crippen molar-refractivity contribution in [1.82, 2.24) is 14.6 Å². The van der Waals surface area contributed by atoms with Crippen LogP contribution in [-0.2, 0) is 10.0 Å². The van der Waals surface area contributed by atoms with Gasteiger partial charge in [0.1, 0.15) is 11.6 Å². The summed E-state index contributed by atoms with van der Waals surface area (Å²) in [5, 5.41) is 5.50. The minimum atomic E-state index is -3.19. The molecule has 1 saturated heterocycles. The third kappa shape index (κ3) is 4.17. The smallest absolute Gasteiger partial charge is 0.255 e. The van der Waals surface area contributed by atoms with E-state index in [4.69, 9.17) is 0 Å². The maximum atomic E-state index is 13.8. The molecule has 0 aliphatic carbocycles. The second-order valence-corrected chi connectivity index (χ2v) is 7.92. The molecule has 7 nitrogen and oxygen atoms in total. The molecule has 1 fully saturated rings. The quantitative estimate of drug-likeness (QED) is 0.799. The van der Waals surface area contributed by atoms with Gasteiger partial charge in [-0.1, -0.05) is 12.1 Å². The van der Waals surface area contributed by atoms with Gasteiger partial charge in [0, 0.05) is 25.8 Å². The number of hydrogen-bond acceptors (Lipinski definition) is 5. The Balaban J connectivity index is 1.65. The number of nitrogens with zero attached hydrogens (tertiary/aromatic N) is 2. The molecule has 0 bridgehead atoms. The molecule has 1 amide bonds. The molecule has 0 spiro atoms. The van der Waals surface area contributed by atoms with Gasteiger partial charge in [-0.25, -0.2) is 22.1 Å². The molecule has 1 aromatic carbocycles. The summed E-state index contributed by atoms with van der Waals surface area (Å²) >= 11 is 0. The average Bonchev–Trinajstić information content (AvgIpc) is 2.96. The van der Waals surface area contributed by atoms with E-state index in [0.717, 1.165) is 0 Å². The van der Waals surface area contributed by atoms with E-state index in [2.05, 4.69) is 15.6 Å². The Bertz CT molecular complexity index is 904. The van der Waals surface area contributed by atoms with Crippen molar-refractivity contribution >= 4 is 27.4 Å². The van der Waals surface area contributed by atoms with Crippen molar-refractivity contribution in [2.45, 2.75) is 6.42 Å². The molecule has 138 valence electrons. The fourth-order valence-corrected chi connectivity index (χ4v) is 4.24. The molecule has 26 heavy (non-hydrogen) atoms. The summed E-state index contributed by atoms with van der Waals surface area (Å²) in [5.74, 6) is -0.485. The van der Waals surface area contributed by atoms with Crippen LogP contribution in [0.15, 0.2) is 42.6 Å². The van der Waals surface area contributed by atoms with E-state index in [9.17, 15) is 17.6 Å². The third-order valence-corrected chi connectivity index (χ3v) is 5.99. The van der Waals surface area contributed by atoms with Crippen LogP contribution in [0, 0.1) is 5.82 Å². The largest absolute Gasteiger partial charge is 0.351 e. The Morgan fingerprint density at radius 2 is 2.04 bits per heavy atom. The van der Waals surface area contributed by atoms with Gasteiger partial charge in [0.05, 0.1) is 17.0 Å². The molecule has 2 aromatic rings. The van der Waals surface area contributed by atoms with Crippen molar-refractivity contribution in [3.63, 3.8) is 0 Å². The highest BCUT2D eigenvalue weighted by atomic mass is 32.2. The van der Waals surface area contributed by atoms with Gasteiger partial charge in [-0.05, 0) is 30.7 Å². The van der Waals surface area contributed by atoms with E-state index in [1.165, 1.54) is 16.6 Å². The zero-order chi connectivity index (χ0) is 18.6. The van der Waals surface area contributed by atoms with E-state index in [1.807, 2.05) is 0 Å². The number of halogens is 1. The molecule has 3 rings (SSSR count). The highest BCUT2D eigenvalue weighted by Gasteiger charge is 2.27. The number of anilines is 2. The lowest BCUT2D eigenvalue weighted by Gasteiger charge is -2.15. The Kier molecular flexibility index (Phi) is 5.48. The van der Waals surface area contributed by atoms with Gasteiger partial charge in [-0.2, -0.15) is 0 Å². The minimum Gasteiger partial charge on any atom is -0.351 e. The van der Waals surface area contributed by atoms with Crippen LogP contribution in [0.5, 0.6) is 0 Å². The number of aromatic nitrogens is 1. The Hall–Kier alpha value is -2.52. The summed E-state index contributed by atoms with van der Waals surface area (Å²) in [6.45, 7) is 0.891. The van der Waals surface area contributed by atoms with Gasteiger partial charge >= 0.3 is 0 Å². The lowest BCUT2D eigenvalue weighted by atomic mass is 10.2. The number of carbonyl (C=O) groups excluding carboxylic acids is 1. The Labute approximate surface area is 151 Å². The van der Waals surface area contributed by atoms with Gasteiger partial charge in [0.15, 0.2) is 0 Å². The number of carbonyl (C=O) groups is 1. The predicted molar refractivity (Wildman–Crippen MR) is 96.2 cm³/mol. The van der Waals surface area contributed by atoms with Gasteiger partial charge in [-0.3, -0.25) is 4.79 Å². The van der Waals surface area contributed by atoms with E-state index < -0.39 is 21.7 Å². The first-order valence-corrected chi connectivity index (χ1v) is 9.81. The van der Waals surface area contributed by atoms with Crippen molar-refractivity contribution in [2.75, 3.05) is 30.7 Å². The molecule has 1 aliphatic heterocycles. The number of hydrogen-bond donors (Lipinski definition) is 2. The first kappa shape index (κ1) is 18.3. The third-order valence-electron chi connectivity index (χ3n) is 4.03. The first-order chi connectivity index (χ1) is 12.5. The zero-order valence-corrected chi connectivity index (χ0v) is 14.8. The van der Waals surface area contributed by atoms with Gasteiger partial charge < -0.3 is 10.6 Å². The molecule has 9 heteroatoms. The van der Waals surface area contributed by atoms with Crippen molar-refractivity contribution in [2.24, 2.45) is 0 Å². The SMILES string of the molecule is O=C(NCCN1CCCS1(=O)=O)c1cccnc1Nc1ccccc1F. The Morgan fingerprint density at radius 1 is 1.23 bits per heavy atom. The van der Waals surface area contributed by atoms with Crippen LogP contribution in [0.25, 0.3) is 0 Å². The molecule has 2 heterocycles. The molecule has 0 radical (unpaired) electrons. The number of sulfonamides is 1. The van der Waals surface area contributed by atoms with Gasteiger partial charge in [0.25, 0.3) is 5.91 Å². The number of amides is 1. The van der Waals surface area contributed by atoms with E-state index in [0.29, 0.717) is 13.0 Å². The molecular weight excluding hydrogens is 359 g/mol. The van der Waals surface area contributed by atoms with Gasteiger partial charge in [-0.15, -0.1) is 0 Å². The first-order valence-electron chi connectivity index (χ1n) is 8.20. The summed E-state index contributed by atoms with van der Waals surface area (Å²) in [4.78, 5) is 16.5. The van der Waals surface area contributed by atoms with E-state index in [-0.39, 0.29) is 35.9 Å². The van der Waals surface area contributed by atoms with Crippen LogP contribution < -0.4 is 10.6 Å². The highest BCUT2D eigenvalue weighted by Crippen LogP contribution is 2.21. The van der Waals surface area contributed by atoms with Crippen LogP contribution in [0.4, 0.5) is 15.9 Å². The Morgan fingerprint density at radius 3 is 2.77 bits per heavy atom. The van der Waals surface area contributed by atoms with Gasteiger partial charge in [0.2, 0.25) is 10.0 Å². The molecule has 0 unspecified atom stereocenters. The number of nitrogens with one attached hydrogen (secondary N) is 2. The van der Waals surface area contributed by atoms with Crippen LogP contribution in [-0.4, -0.2) is 49.0 Å². The van der Waals surface area contributed by atoms with Crippen molar-refractivity contribution < 1.29 is 17.6 Å². The summed E-state index contributed by atoms with van der Waals surface area (Å²) in [5.41, 5.74) is 0.462. The van der Waals surface area contributed by atoms with E-state index >= 15 is 0 Å². The fraction of sp³-hybridized carbons (Fsp3) is 0.294. The molecule has 0 saturated carbocycles. The van der Waals surface area contributed by atoms with Crippen LogP contribution in [0.1, 0.15) is 16.8 Å². The molecule has 1 aromatic heterocycles. The number of para-hydroxylation sites is 1.